The fraction of sp³-hybridized carbons (Fsp3) is 0.417. The van der Waals surface area contributed by atoms with Gasteiger partial charge in [0.2, 0.25) is 27.3 Å². The molecule has 0 unspecified atom stereocenters. The SMILES string of the molecule is CC(C)c1ccc2c(NS(=O)(=O)CCN3CCN(C)CC3)c(C(=O)c3ccccc3)oc2n1. The van der Waals surface area contributed by atoms with Crippen LogP contribution in [0.15, 0.2) is 46.9 Å². The molecule has 3 aromatic rings. The van der Waals surface area contributed by atoms with Gasteiger partial charge in [0.15, 0.2) is 0 Å². The Hall–Kier alpha value is -2.75. The number of anilines is 1. The van der Waals surface area contributed by atoms with Gasteiger partial charge in [0.1, 0.15) is 5.69 Å². The highest BCUT2D eigenvalue weighted by atomic mass is 32.2. The molecule has 1 saturated heterocycles. The summed E-state index contributed by atoms with van der Waals surface area (Å²) in [5.74, 6) is -0.347. The molecule has 8 nitrogen and oxygen atoms in total. The zero-order valence-corrected chi connectivity index (χ0v) is 20.1. The normalized spacial score (nSPS) is 15.9. The van der Waals surface area contributed by atoms with Gasteiger partial charge in [-0.25, -0.2) is 13.4 Å². The van der Waals surface area contributed by atoms with Gasteiger partial charge in [-0.15, -0.1) is 0 Å². The van der Waals surface area contributed by atoms with Crippen molar-refractivity contribution in [1.29, 1.82) is 0 Å². The predicted molar refractivity (Wildman–Crippen MR) is 129 cm³/mol. The molecule has 0 bridgehead atoms. The molecule has 0 atom stereocenters. The second kappa shape index (κ2) is 9.62. The van der Waals surface area contributed by atoms with Crippen LogP contribution in [-0.4, -0.2) is 74.5 Å². The molecule has 0 amide bonds. The maximum Gasteiger partial charge on any atom is 0.234 e. The van der Waals surface area contributed by atoms with E-state index in [9.17, 15) is 13.2 Å². The van der Waals surface area contributed by atoms with Crippen LogP contribution in [0.25, 0.3) is 11.1 Å². The molecule has 1 aliphatic rings. The molecule has 1 N–H and O–H groups in total. The monoisotopic (exact) mass is 470 g/mol. The summed E-state index contributed by atoms with van der Waals surface area (Å²) in [5.41, 5.74) is 1.62. The summed E-state index contributed by atoms with van der Waals surface area (Å²) in [5, 5.41) is 0.474. The van der Waals surface area contributed by atoms with Crippen molar-refractivity contribution in [3.8, 4) is 0 Å². The topological polar surface area (TPSA) is 95.8 Å². The molecule has 1 fully saturated rings. The number of hydrogen-bond acceptors (Lipinski definition) is 7. The number of furan rings is 1. The van der Waals surface area contributed by atoms with Crippen molar-refractivity contribution in [2.75, 3.05) is 50.2 Å². The highest BCUT2D eigenvalue weighted by molar-refractivity contribution is 7.92. The standard InChI is InChI=1S/C24H30N4O4S/c1-17(2)20-10-9-19-21(26-33(30,31)16-15-28-13-11-27(3)12-14-28)23(32-24(19)25-20)22(29)18-7-5-4-6-8-18/h4-10,17,26H,11-16H2,1-3H3. The van der Waals surface area contributed by atoms with Crippen molar-refractivity contribution in [3.05, 3.63) is 59.5 Å². The number of carbonyl (C=O) groups excluding carboxylic acids is 1. The summed E-state index contributed by atoms with van der Waals surface area (Å²) in [6.45, 7) is 7.94. The number of sulfonamides is 1. The van der Waals surface area contributed by atoms with Crippen LogP contribution in [0.5, 0.6) is 0 Å². The Kier molecular flexibility index (Phi) is 6.83. The highest BCUT2D eigenvalue weighted by Gasteiger charge is 2.27. The number of piperazine rings is 1. The van der Waals surface area contributed by atoms with Crippen LogP contribution in [0.1, 0.15) is 41.6 Å². The molecule has 3 heterocycles. The van der Waals surface area contributed by atoms with E-state index in [1.165, 1.54) is 0 Å². The molecule has 0 radical (unpaired) electrons. The number of nitrogens with zero attached hydrogens (tertiary/aromatic N) is 3. The number of aromatic nitrogens is 1. The van der Waals surface area contributed by atoms with Gasteiger partial charge in [0.05, 0.1) is 11.1 Å². The minimum absolute atomic E-state index is 0.0484. The lowest BCUT2D eigenvalue weighted by molar-refractivity contribution is 0.101. The molecule has 0 aliphatic carbocycles. The molecule has 1 aliphatic heterocycles. The number of hydrogen-bond donors (Lipinski definition) is 1. The first-order valence-corrected chi connectivity index (χ1v) is 12.8. The summed E-state index contributed by atoms with van der Waals surface area (Å²) in [6, 6.07) is 12.3. The minimum Gasteiger partial charge on any atom is -0.432 e. The van der Waals surface area contributed by atoms with Crippen molar-refractivity contribution >= 4 is 32.6 Å². The van der Waals surface area contributed by atoms with Gasteiger partial charge in [-0.1, -0.05) is 44.2 Å². The van der Waals surface area contributed by atoms with Crippen LogP contribution in [0, 0.1) is 0 Å². The highest BCUT2D eigenvalue weighted by Crippen LogP contribution is 2.33. The van der Waals surface area contributed by atoms with E-state index < -0.39 is 15.8 Å². The average molecular weight is 471 g/mol. The van der Waals surface area contributed by atoms with E-state index in [-0.39, 0.29) is 28.8 Å². The van der Waals surface area contributed by atoms with Crippen molar-refractivity contribution in [2.24, 2.45) is 0 Å². The van der Waals surface area contributed by atoms with Gasteiger partial charge in [-0.05, 0) is 25.1 Å². The number of rotatable bonds is 8. The zero-order chi connectivity index (χ0) is 23.6. The van der Waals surface area contributed by atoms with Crippen LogP contribution < -0.4 is 4.72 Å². The van der Waals surface area contributed by atoms with Gasteiger partial charge in [-0.2, -0.15) is 0 Å². The van der Waals surface area contributed by atoms with Crippen LogP contribution in [0.3, 0.4) is 0 Å². The van der Waals surface area contributed by atoms with Crippen molar-refractivity contribution in [2.45, 2.75) is 19.8 Å². The molecule has 4 rings (SSSR count). The molecular formula is C24H30N4O4S. The summed E-state index contributed by atoms with van der Waals surface area (Å²) in [6.07, 6.45) is 0. The van der Waals surface area contributed by atoms with E-state index in [1.807, 2.05) is 26.0 Å². The molecule has 176 valence electrons. The van der Waals surface area contributed by atoms with E-state index >= 15 is 0 Å². The molecule has 2 aromatic heterocycles. The van der Waals surface area contributed by atoms with Gasteiger partial charge < -0.3 is 9.32 Å². The smallest absolute Gasteiger partial charge is 0.234 e. The summed E-state index contributed by atoms with van der Waals surface area (Å²) in [4.78, 5) is 22.1. The van der Waals surface area contributed by atoms with Crippen molar-refractivity contribution in [3.63, 3.8) is 0 Å². The first kappa shape index (κ1) is 23.4. The minimum atomic E-state index is -3.72. The Labute approximate surface area is 194 Å². The number of nitrogens with one attached hydrogen (secondary N) is 1. The molecular weight excluding hydrogens is 440 g/mol. The first-order valence-electron chi connectivity index (χ1n) is 11.2. The summed E-state index contributed by atoms with van der Waals surface area (Å²) >= 11 is 0. The second-order valence-electron chi connectivity index (χ2n) is 8.81. The lowest BCUT2D eigenvalue weighted by atomic mass is 10.1. The number of benzene rings is 1. The van der Waals surface area contributed by atoms with E-state index in [2.05, 4.69) is 26.6 Å². The van der Waals surface area contributed by atoms with Gasteiger partial charge in [-0.3, -0.25) is 14.4 Å². The molecule has 0 spiro atoms. The third-order valence-corrected chi connectivity index (χ3v) is 7.18. The number of carbonyl (C=O) groups is 1. The number of fused-ring (bicyclic) bond motifs is 1. The first-order chi connectivity index (χ1) is 15.7. The van der Waals surface area contributed by atoms with E-state index in [0.29, 0.717) is 17.5 Å². The molecule has 1 aromatic carbocycles. The zero-order valence-electron chi connectivity index (χ0n) is 19.2. The number of likely N-dealkylation sites (N-methyl/N-ethyl adjacent to an activating group) is 1. The van der Waals surface area contributed by atoms with Crippen LogP contribution in [-0.2, 0) is 10.0 Å². The Morgan fingerprint density at radius 1 is 1.09 bits per heavy atom. The van der Waals surface area contributed by atoms with E-state index in [0.717, 1.165) is 31.9 Å². The third-order valence-electron chi connectivity index (χ3n) is 5.94. The predicted octanol–water partition coefficient (Wildman–Crippen LogP) is 3.17. The Balaban J connectivity index is 1.65. The number of ketones is 1. The van der Waals surface area contributed by atoms with Gasteiger partial charge in [0.25, 0.3) is 0 Å². The maximum atomic E-state index is 13.2. The third kappa shape index (κ3) is 5.43. The lowest BCUT2D eigenvalue weighted by Crippen LogP contribution is -2.46. The lowest BCUT2D eigenvalue weighted by Gasteiger charge is -2.32. The summed E-state index contributed by atoms with van der Waals surface area (Å²) < 4.78 is 34.5. The molecule has 33 heavy (non-hydrogen) atoms. The Morgan fingerprint density at radius 3 is 2.45 bits per heavy atom. The fourth-order valence-corrected chi connectivity index (χ4v) is 4.94. The summed E-state index contributed by atoms with van der Waals surface area (Å²) in [7, 11) is -1.66. The van der Waals surface area contributed by atoms with Gasteiger partial charge >= 0.3 is 0 Å². The van der Waals surface area contributed by atoms with E-state index in [4.69, 9.17) is 4.42 Å². The van der Waals surface area contributed by atoms with Crippen LogP contribution in [0.4, 0.5) is 5.69 Å². The van der Waals surface area contributed by atoms with Crippen molar-refractivity contribution < 1.29 is 17.6 Å². The molecule has 0 saturated carbocycles. The maximum absolute atomic E-state index is 13.2. The second-order valence-corrected chi connectivity index (χ2v) is 10.7. The molecule has 9 heteroatoms. The van der Waals surface area contributed by atoms with Crippen molar-refractivity contribution in [1.82, 2.24) is 14.8 Å². The quantitative estimate of drug-likeness (QED) is 0.505. The van der Waals surface area contributed by atoms with E-state index in [1.54, 1.807) is 30.3 Å². The average Bonchev–Trinajstić information content (AvgIpc) is 3.15. The Morgan fingerprint density at radius 2 is 1.79 bits per heavy atom. The fourth-order valence-electron chi connectivity index (χ4n) is 3.82. The Bertz CT molecular complexity index is 1230. The van der Waals surface area contributed by atoms with Crippen LogP contribution >= 0.6 is 0 Å². The van der Waals surface area contributed by atoms with Crippen LogP contribution in [0.2, 0.25) is 0 Å². The largest absolute Gasteiger partial charge is 0.432 e. The number of pyridine rings is 1. The van der Waals surface area contributed by atoms with Gasteiger partial charge in [0, 0.05) is 44.0 Å².